The molecule has 0 aliphatic rings. The molecular formula is C17H14F2O3. The van der Waals surface area contributed by atoms with Gasteiger partial charge < -0.3 is 4.74 Å². The highest BCUT2D eigenvalue weighted by molar-refractivity contribution is 6.08. The van der Waals surface area contributed by atoms with Crippen molar-refractivity contribution in [3.63, 3.8) is 0 Å². The third-order valence-corrected chi connectivity index (χ3v) is 3.23. The van der Waals surface area contributed by atoms with E-state index in [2.05, 4.69) is 4.74 Å². The van der Waals surface area contributed by atoms with Crippen molar-refractivity contribution in [1.29, 1.82) is 0 Å². The van der Waals surface area contributed by atoms with Crippen molar-refractivity contribution >= 4 is 11.8 Å². The Morgan fingerprint density at radius 2 is 1.64 bits per heavy atom. The summed E-state index contributed by atoms with van der Waals surface area (Å²) >= 11 is 0. The van der Waals surface area contributed by atoms with Gasteiger partial charge in [-0.3, -0.25) is 9.59 Å². The summed E-state index contributed by atoms with van der Waals surface area (Å²) in [6.07, 6.45) is 0.102. The van der Waals surface area contributed by atoms with Gasteiger partial charge in [-0.15, -0.1) is 0 Å². The highest BCUT2D eigenvalue weighted by Crippen LogP contribution is 2.18. The van der Waals surface area contributed by atoms with Crippen LogP contribution in [0.3, 0.4) is 0 Å². The molecule has 0 saturated carbocycles. The smallest absolute Gasteiger partial charge is 0.316 e. The second-order valence-electron chi connectivity index (χ2n) is 4.79. The van der Waals surface area contributed by atoms with Crippen LogP contribution in [0.15, 0.2) is 48.5 Å². The molecular weight excluding hydrogens is 290 g/mol. The second kappa shape index (κ2) is 6.93. The predicted octanol–water partition coefficient (Wildman–Crippen LogP) is 3.18. The quantitative estimate of drug-likeness (QED) is 0.484. The van der Waals surface area contributed by atoms with Gasteiger partial charge in [-0.1, -0.05) is 30.3 Å². The molecule has 0 aliphatic heterocycles. The summed E-state index contributed by atoms with van der Waals surface area (Å²) in [6.45, 7) is 0. The number of benzene rings is 2. The van der Waals surface area contributed by atoms with Crippen LogP contribution < -0.4 is 0 Å². The normalized spacial score (nSPS) is 11.8. The Hall–Kier alpha value is -2.56. The van der Waals surface area contributed by atoms with Crippen LogP contribution in [0.4, 0.5) is 8.78 Å². The molecule has 0 amide bonds. The highest BCUT2D eigenvalue weighted by atomic mass is 19.1. The Balaban J connectivity index is 2.32. The molecule has 22 heavy (non-hydrogen) atoms. The van der Waals surface area contributed by atoms with E-state index in [0.29, 0.717) is 6.07 Å². The average molecular weight is 304 g/mol. The fourth-order valence-corrected chi connectivity index (χ4v) is 2.17. The zero-order chi connectivity index (χ0) is 16.1. The molecule has 2 aromatic rings. The molecule has 0 saturated heterocycles. The lowest BCUT2D eigenvalue weighted by molar-refractivity contribution is -0.143. The maximum atomic E-state index is 13.3. The minimum Gasteiger partial charge on any atom is -0.468 e. The fraction of sp³-hybridized carbons (Fsp3) is 0.176. The number of carbonyl (C=O) groups is 2. The van der Waals surface area contributed by atoms with Crippen molar-refractivity contribution in [3.05, 3.63) is 71.3 Å². The Bertz CT molecular complexity index is 663. The van der Waals surface area contributed by atoms with Gasteiger partial charge in [-0.2, -0.15) is 0 Å². The van der Waals surface area contributed by atoms with Gasteiger partial charge in [0.1, 0.15) is 17.6 Å². The zero-order valence-electron chi connectivity index (χ0n) is 11.9. The number of Topliss-reactive ketones (excluding diaryl/α,β-unsaturated/α-hetero) is 1. The van der Waals surface area contributed by atoms with Gasteiger partial charge in [-0.05, 0) is 24.1 Å². The SMILES string of the molecule is COC(=O)C(Cc1ccccc1)C(=O)c1cc(F)cc(F)c1. The highest BCUT2D eigenvalue weighted by Gasteiger charge is 2.29. The van der Waals surface area contributed by atoms with Gasteiger partial charge in [0, 0.05) is 11.6 Å². The first-order chi connectivity index (χ1) is 10.5. The predicted molar refractivity (Wildman–Crippen MR) is 76.3 cm³/mol. The third kappa shape index (κ3) is 3.75. The molecule has 0 radical (unpaired) electrons. The third-order valence-electron chi connectivity index (χ3n) is 3.23. The molecule has 0 heterocycles. The monoisotopic (exact) mass is 304 g/mol. The summed E-state index contributed by atoms with van der Waals surface area (Å²) in [7, 11) is 1.17. The van der Waals surface area contributed by atoms with Crippen molar-refractivity contribution < 1.29 is 23.1 Å². The van der Waals surface area contributed by atoms with Crippen LogP contribution in [0.1, 0.15) is 15.9 Å². The number of esters is 1. The maximum absolute atomic E-state index is 13.3. The number of halogens is 2. The van der Waals surface area contributed by atoms with E-state index in [1.54, 1.807) is 30.3 Å². The number of carbonyl (C=O) groups excluding carboxylic acids is 2. The fourth-order valence-electron chi connectivity index (χ4n) is 2.17. The molecule has 2 rings (SSSR count). The van der Waals surface area contributed by atoms with Crippen LogP contribution in [0.25, 0.3) is 0 Å². The van der Waals surface area contributed by atoms with Crippen molar-refractivity contribution in [2.24, 2.45) is 5.92 Å². The molecule has 0 N–H and O–H groups in total. The topological polar surface area (TPSA) is 43.4 Å². The maximum Gasteiger partial charge on any atom is 0.316 e. The van der Waals surface area contributed by atoms with E-state index in [9.17, 15) is 18.4 Å². The second-order valence-corrected chi connectivity index (χ2v) is 4.79. The molecule has 114 valence electrons. The van der Waals surface area contributed by atoms with Crippen molar-refractivity contribution in [3.8, 4) is 0 Å². The summed E-state index contributed by atoms with van der Waals surface area (Å²) in [6, 6.07) is 11.4. The van der Waals surface area contributed by atoms with Gasteiger partial charge in [0.2, 0.25) is 0 Å². The van der Waals surface area contributed by atoms with E-state index >= 15 is 0 Å². The minimum absolute atomic E-state index is 0.102. The van der Waals surface area contributed by atoms with Crippen LogP contribution in [0.5, 0.6) is 0 Å². The molecule has 3 nitrogen and oxygen atoms in total. The van der Waals surface area contributed by atoms with Crippen LogP contribution >= 0.6 is 0 Å². The largest absolute Gasteiger partial charge is 0.468 e. The summed E-state index contributed by atoms with van der Waals surface area (Å²) in [5.41, 5.74) is 0.562. The number of methoxy groups -OCH3 is 1. The Morgan fingerprint density at radius 3 is 2.18 bits per heavy atom. The molecule has 2 aromatic carbocycles. The molecule has 5 heteroatoms. The van der Waals surface area contributed by atoms with E-state index in [1.807, 2.05) is 0 Å². The lowest BCUT2D eigenvalue weighted by atomic mass is 9.91. The number of ether oxygens (including phenoxy) is 1. The van der Waals surface area contributed by atoms with E-state index in [-0.39, 0.29) is 12.0 Å². The van der Waals surface area contributed by atoms with Gasteiger partial charge in [-0.25, -0.2) is 8.78 Å². The number of rotatable bonds is 5. The lowest BCUT2D eigenvalue weighted by Gasteiger charge is -2.14. The minimum atomic E-state index is -1.14. The van der Waals surface area contributed by atoms with Gasteiger partial charge in [0.15, 0.2) is 5.78 Å². The Kier molecular flexibility index (Phi) is 4.99. The molecule has 1 atom stereocenters. The Morgan fingerprint density at radius 1 is 1.05 bits per heavy atom. The summed E-state index contributed by atoms with van der Waals surface area (Å²) in [4.78, 5) is 24.3. The zero-order valence-corrected chi connectivity index (χ0v) is 11.9. The number of hydrogen-bond acceptors (Lipinski definition) is 3. The first-order valence-electron chi connectivity index (χ1n) is 6.63. The van der Waals surface area contributed by atoms with E-state index < -0.39 is 29.3 Å². The van der Waals surface area contributed by atoms with E-state index in [0.717, 1.165) is 17.7 Å². The molecule has 0 aliphatic carbocycles. The summed E-state index contributed by atoms with van der Waals surface area (Å²) < 4.78 is 31.1. The van der Waals surface area contributed by atoms with Gasteiger partial charge in [0.25, 0.3) is 0 Å². The molecule has 1 unspecified atom stereocenters. The molecule has 0 aromatic heterocycles. The molecule has 0 fully saturated rings. The molecule has 0 spiro atoms. The summed E-state index contributed by atoms with van der Waals surface area (Å²) in [5.74, 6) is -4.29. The summed E-state index contributed by atoms with van der Waals surface area (Å²) in [5, 5.41) is 0. The average Bonchev–Trinajstić information content (AvgIpc) is 2.51. The lowest BCUT2D eigenvalue weighted by Crippen LogP contribution is -2.27. The molecule has 0 bridgehead atoms. The number of hydrogen-bond donors (Lipinski definition) is 0. The first-order valence-corrected chi connectivity index (χ1v) is 6.63. The van der Waals surface area contributed by atoms with Crippen LogP contribution in [0, 0.1) is 17.6 Å². The van der Waals surface area contributed by atoms with Gasteiger partial charge in [0.05, 0.1) is 7.11 Å². The van der Waals surface area contributed by atoms with Crippen LogP contribution in [-0.2, 0) is 16.0 Å². The van der Waals surface area contributed by atoms with Crippen LogP contribution in [-0.4, -0.2) is 18.9 Å². The van der Waals surface area contributed by atoms with Crippen LogP contribution in [0.2, 0.25) is 0 Å². The Labute approximate surface area is 126 Å². The van der Waals surface area contributed by atoms with Crippen molar-refractivity contribution in [1.82, 2.24) is 0 Å². The van der Waals surface area contributed by atoms with Crippen molar-refractivity contribution in [2.45, 2.75) is 6.42 Å². The van der Waals surface area contributed by atoms with E-state index in [4.69, 9.17) is 0 Å². The standard InChI is InChI=1S/C17H14F2O3/c1-22-17(21)15(7-11-5-3-2-4-6-11)16(20)12-8-13(18)10-14(19)9-12/h2-6,8-10,15H,7H2,1H3. The number of ketones is 1. The van der Waals surface area contributed by atoms with E-state index in [1.165, 1.54) is 7.11 Å². The van der Waals surface area contributed by atoms with Crippen molar-refractivity contribution in [2.75, 3.05) is 7.11 Å². The first kappa shape index (κ1) is 15.8. The van der Waals surface area contributed by atoms with Gasteiger partial charge >= 0.3 is 5.97 Å².